The standard InChI is InChI=1S/C19H22O5/c1-4-24-18-11-13(6-7-16(18)20)10-15(19(21)22)14-9-12(2)5-8-17(14)23-3/h5-9,11,15,20H,4,10H2,1-3H3,(H,21,22). The largest absolute Gasteiger partial charge is 0.504 e. The number of aromatic hydroxyl groups is 1. The molecule has 0 saturated carbocycles. The van der Waals surface area contributed by atoms with Gasteiger partial charge in [-0.15, -0.1) is 0 Å². The molecule has 2 rings (SSSR count). The normalized spacial score (nSPS) is 11.8. The second-order valence-electron chi connectivity index (χ2n) is 5.58. The highest BCUT2D eigenvalue weighted by molar-refractivity contribution is 5.78. The average molecular weight is 330 g/mol. The molecule has 2 aromatic rings. The van der Waals surface area contributed by atoms with Crippen LogP contribution in [0.15, 0.2) is 36.4 Å². The molecule has 0 aliphatic rings. The van der Waals surface area contributed by atoms with Gasteiger partial charge in [0.2, 0.25) is 0 Å². The molecule has 128 valence electrons. The molecular formula is C19H22O5. The Morgan fingerprint density at radius 1 is 1.17 bits per heavy atom. The Morgan fingerprint density at radius 3 is 2.54 bits per heavy atom. The Bertz CT molecular complexity index is 724. The number of carbonyl (C=O) groups is 1. The first-order valence-corrected chi connectivity index (χ1v) is 7.78. The van der Waals surface area contributed by atoms with E-state index in [0.717, 1.165) is 11.1 Å². The number of methoxy groups -OCH3 is 1. The zero-order chi connectivity index (χ0) is 17.7. The van der Waals surface area contributed by atoms with Gasteiger partial charge in [-0.2, -0.15) is 0 Å². The lowest BCUT2D eigenvalue weighted by atomic mass is 9.90. The van der Waals surface area contributed by atoms with E-state index < -0.39 is 11.9 Å². The Morgan fingerprint density at radius 2 is 1.92 bits per heavy atom. The van der Waals surface area contributed by atoms with E-state index in [2.05, 4.69) is 0 Å². The Balaban J connectivity index is 2.38. The molecule has 0 radical (unpaired) electrons. The highest BCUT2D eigenvalue weighted by Gasteiger charge is 2.24. The third-order valence-electron chi connectivity index (χ3n) is 3.82. The minimum atomic E-state index is -0.926. The lowest BCUT2D eigenvalue weighted by Gasteiger charge is -2.17. The first-order valence-electron chi connectivity index (χ1n) is 7.78. The third kappa shape index (κ3) is 3.98. The number of carboxylic acid groups (broad SMARTS) is 1. The van der Waals surface area contributed by atoms with Crippen molar-refractivity contribution in [3.63, 3.8) is 0 Å². The molecule has 5 heteroatoms. The van der Waals surface area contributed by atoms with Gasteiger partial charge in [-0.25, -0.2) is 0 Å². The number of rotatable bonds is 7. The summed E-state index contributed by atoms with van der Waals surface area (Å²) in [5.74, 6) is -0.725. The molecule has 0 aliphatic carbocycles. The van der Waals surface area contributed by atoms with Gasteiger partial charge in [0.05, 0.1) is 19.6 Å². The van der Waals surface area contributed by atoms with E-state index in [-0.39, 0.29) is 12.2 Å². The topological polar surface area (TPSA) is 76.0 Å². The molecule has 0 fully saturated rings. The molecule has 0 aliphatic heterocycles. The highest BCUT2D eigenvalue weighted by Crippen LogP contribution is 2.33. The van der Waals surface area contributed by atoms with Gasteiger partial charge in [0, 0.05) is 5.56 Å². The van der Waals surface area contributed by atoms with Crippen LogP contribution in [0.3, 0.4) is 0 Å². The number of phenols is 1. The van der Waals surface area contributed by atoms with E-state index in [1.54, 1.807) is 18.2 Å². The van der Waals surface area contributed by atoms with Crippen molar-refractivity contribution in [2.45, 2.75) is 26.2 Å². The number of phenolic OH excluding ortho intramolecular Hbond substituents is 1. The molecule has 1 atom stereocenters. The summed E-state index contributed by atoms with van der Waals surface area (Å²) in [6.45, 7) is 4.16. The SMILES string of the molecule is CCOc1cc(CC(C(=O)O)c2cc(C)ccc2OC)ccc1O. The predicted molar refractivity (Wildman–Crippen MR) is 91.1 cm³/mol. The van der Waals surface area contributed by atoms with Crippen molar-refractivity contribution in [1.82, 2.24) is 0 Å². The van der Waals surface area contributed by atoms with Crippen LogP contribution in [-0.2, 0) is 11.2 Å². The summed E-state index contributed by atoms with van der Waals surface area (Å²) in [5.41, 5.74) is 2.38. The predicted octanol–water partition coefficient (Wildman–Crippen LogP) is 3.52. The van der Waals surface area contributed by atoms with Crippen LogP contribution in [0.4, 0.5) is 0 Å². The molecule has 0 spiro atoms. The minimum Gasteiger partial charge on any atom is -0.504 e. The lowest BCUT2D eigenvalue weighted by molar-refractivity contribution is -0.138. The van der Waals surface area contributed by atoms with Gasteiger partial charge in [-0.05, 0) is 44.0 Å². The number of aryl methyl sites for hydroxylation is 1. The van der Waals surface area contributed by atoms with E-state index in [1.807, 2.05) is 26.0 Å². The summed E-state index contributed by atoms with van der Waals surface area (Å²) in [6.07, 6.45) is 0.273. The van der Waals surface area contributed by atoms with Crippen LogP contribution >= 0.6 is 0 Å². The van der Waals surface area contributed by atoms with Gasteiger partial charge in [-0.3, -0.25) is 4.79 Å². The monoisotopic (exact) mass is 330 g/mol. The molecule has 1 unspecified atom stereocenters. The lowest BCUT2D eigenvalue weighted by Crippen LogP contribution is -2.15. The maximum Gasteiger partial charge on any atom is 0.311 e. The average Bonchev–Trinajstić information content (AvgIpc) is 2.55. The zero-order valence-corrected chi connectivity index (χ0v) is 14.1. The number of hydrogen-bond acceptors (Lipinski definition) is 4. The summed E-state index contributed by atoms with van der Waals surface area (Å²) in [5, 5.41) is 19.5. The number of hydrogen-bond donors (Lipinski definition) is 2. The fraction of sp³-hybridized carbons (Fsp3) is 0.316. The van der Waals surface area contributed by atoms with E-state index in [4.69, 9.17) is 9.47 Å². The fourth-order valence-electron chi connectivity index (χ4n) is 2.65. The van der Waals surface area contributed by atoms with Crippen molar-refractivity contribution in [3.8, 4) is 17.2 Å². The van der Waals surface area contributed by atoms with Crippen LogP contribution < -0.4 is 9.47 Å². The maximum atomic E-state index is 11.8. The van der Waals surface area contributed by atoms with Gasteiger partial charge in [0.15, 0.2) is 11.5 Å². The smallest absolute Gasteiger partial charge is 0.311 e. The van der Waals surface area contributed by atoms with Crippen molar-refractivity contribution in [3.05, 3.63) is 53.1 Å². The quantitative estimate of drug-likeness (QED) is 0.812. The summed E-state index contributed by atoms with van der Waals surface area (Å²) in [7, 11) is 1.53. The van der Waals surface area contributed by atoms with Crippen molar-refractivity contribution in [1.29, 1.82) is 0 Å². The second kappa shape index (κ2) is 7.73. The number of aliphatic carboxylic acids is 1. The zero-order valence-electron chi connectivity index (χ0n) is 14.1. The Hall–Kier alpha value is -2.69. The van der Waals surface area contributed by atoms with Gasteiger partial charge in [0.1, 0.15) is 5.75 Å². The molecular weight excluding hydrogens is 308 g/mol. The maximum absolute atomic E-state index is 11.8. The van der Waals surface area contributed by atoms with Crippen LogP contribution in [0.25, 0.3) is 0 Å². The molecule has 24 heavy (non-hydrogen) atoms. The van der Waals surface area contributed by atoms with E-state index in [9.17, 15) is 15.0 Å². The van der Waals surface area contributed by atoms with Crippen LogP contribution in [0.1, 0.15) is 29.5 Å². The van der Waals surface area contributed by atoms with Gasteiger partial charge < -0.3 is 19.7 Å². The minimum absolute atomic E-state index is 0.0422. The third-order valence-corrected chi connectivity index (χ3v) is 3.82. The summed E-state index contributed by atoms with van der Waals surface area (Å²) in [4.78, 5) is 11.8. The molecule has 0 aromatic heterocycles. The first-order chi connectivity index (χ1) is 11.5. The second-order valence-corrected chi connectivity index (χ2v) is 5.58. The van der Waals surface area contributed by atoms with E-state index in [1.165, 1.54) is 13.2 Å². The molecule has 2 aromatic carbocycles. The van der Waals surface area contributed by atoms with Crippen molar-refractivity contribution in [2.75, 3.05) is 13.7 Å². The summed E-state index contributed by atoms with van der Waals surface area (Å²) in [6, 6.07) is 10.4. The van der Waals surface area contributed by atoms with E-state index >= 15 is 0 Å². The van der Waals surface area contributed by atoms with Crippen LogP contribution in [0, 0.1) is 6.92 Å². The van der Waals surface area contributed by atoms with Crippen molar-refractivity contribution >= 4 is 5.97 Å². The van der Waals surface area contributed by atoms with Gasteiger partial charge in [-0.1, -0.05) is 23.8 Å². The van der Waals surface area contributed by atoms with Crippen molar-refractivity contribution < 1.29 is 24.5 Å². The molecule has 0 saturated heterocycles. The van der Waals surface area contributed by atoms with Crippen LogP contribution in [-0.4, -0.2) is 29.9 Å². The Kier molecular flexibility index (Phi) is 5.68. The molecule has 2 N–H and O–H groups in total. The van der Waals surface area contributed by atoms with Crippen LogP contribution in [0.2, 0.25) is 0 Å². The number of benzene rings is 2. The van der Waals surface area contributed by atoms with E-state index in [0.29, 0.717) is 23.7 Å². The molecule has 0 amide bonds. The first kappa shape index (κ1) is 17.7. The van der Waals surface area contributed by atoms with Gasteiger partial charge in [0.25, 0.3) is 0 Å². The van der Waals surface area contributed by atoms with Crippen LogP contribution in [0.5, 0.6) is 17.2 Å². The van der Waals surface area contributed by atoms with Gasteiger partial charge >= 0.3 is 5.97 Å². The molecule has 0 bridgehead atoms. The fourth-order valence-corrected chi connectivity index (χ4v) is 2.65. The summed E-state index contributed by atoms with van der Waals surface area (Å²) >= 11 is 0. The molecule has 0 heterocycles. The van der Waals surface area contributed by atoms with Crippen molar-refractivity contribution in [2.24, 2.45) is 0 Å². The Labute approximate surface area is 141 Å². The number of carboxylic acids is 1. The number of ether oxygens (including phenoxy) is 2. The molecule has 5 nitrogen and oxygen atoms in total. The summed E-state index contributed by atoms with van der Waals surface area (Å²) < 4.78 is 10.7. The highest BCUT2D eigenvalue weighted by atomic mass is 16.5.